The summed E-state index contributed by atoms with van der Waals surface area (Å²) in [5.41, 5.74) is 3.24. The Balaban J connectivity index is 1.67. The number of amides is 1. The lowest BCUT2D eigenvalue weighted by Crippen LogP contribution is -2.13. The standard InChI is InChI=1S/C17H13ClN6O/c1-24-9-12(15(23-24)10-3-2-6-19-8-10)16(25)22-17-20-13-5-4-11(18)7-14(13)21-17/h2-9H,1H3,(H2,20,21,22,25). The maximum absolute atomic E-state index is 12.7. The molecule has 8 heteroatoms. The summed E-state index contributed by atoms with van der Waals surface area (Å²) in [4.78, 5) is 24.2. The van der Waals surface area contributed by atoms with Crippen molar-refractivity contribution in [3.63, 3.8) is 0 Å². The van der Waals surface area contributed by atoms with Gasteiger partial charge in [-0.1, -0.05) is 11.6 Å². The number of halogens is 1. The highest BCUT2D eigenvalue weighted by molar-refractivity contribution is 6.31. The number of rotatable bonds is 3. The van der Waals surface area contributed by atoms with Crippen LogP contribution in [0.15, 0.2) is 48.9 Å². The molecule has 0 fully saturated rings. The molecular formula is C17H13ClN6O. The number of aryl methyl sites for hydroxylation is 1. The van der Waals surface area contributed by atoms with Crippen molar-refractivity contribution in [2.75, 3.05) is 5.32 Å². The van der Waals surface area contributed by atoms with E-state index in [0.717, 1.165) is 16.6 Å². The zero-order valence-corrected chi connectivity index (χ0v) is 13.9. The van der Waals surface area contributed by atoms with E-state index < -0.39 is 0 Å². The summed E-state index contributed by atoms with van der Waals surface area (Å²) in [6, 6.07) is 8.95. The first-order valence-electron chi connectivity index (χ1n) is 7.51. The Bertz CT molecular complexity index is 1070. The molecule has 1 aromatic carbocycles. The number of aromatic amines is 1. The molecule has 25 heavy (non-hydrogen) atoms. The van der Waals surface area contributed by atoms with Crippen LogP contribution in [0.3, 0.4) is 0 Å². The van der Waals surface area contributed by atoms with Crippen molar-refractivity contribution < 1.29 is 4.79 Å². The first kappa shape index (κ1) is 15.3. The van der Waals surface area contributed by atoms with Crippen LogP contribution in [0.4, 0.5) is 5.95 Å². The van der Waals surface area contributed by atoms with Crippen LogP contribution < -0.4 is 5.32 Å². The molecule has 4 rings (SSSR count). The molecule has 0 saturated carbocycles. The van der Waals surface area contributed by atoms with E-state index in [1.54, 1.807) is 54.6 Å². The number of aromatic nitrogens is 5. The number of nitrogens with one attached hydrogen (secondary N) is 2. The third-order valence-corrected chi connectivity index (χ3v) is 3.92. The fourth-order valence-corrected chi connectivity index (χ4v) is 2.76. The Morgan fingerprint density at radius 3 is 3.00 bits per heavy atom. The number of hydrogen-bond acceptors (Lipinski definition) is 4. The summed E-state index contributed by atoms with van der Waals surface area (Å²) in [5.74, 6) is 0.0420. The average Bonchev–Trinajstić information content (AvgIpc) is 3.18. The SMILES string of the molecule is Cn1cc(C(=O)Nc2nc3ccc(Cl)cc3[nH]2)c(-c2cccnc2)n1. The van der Waals surface area contributed by atoms with Gasteiger partial charge >= 0.3 is 0 Å². The zero-order chi connectivity index (χ0) is 17.4. The number of pyridine rings is 1. The van der Waals surface area contributed by atoms with Gasteiger partial charge < -0.3 is 4.98 Å². The van der Waals surface area contributed by atoms with Gasteiger partial charge in [0, 0.05) is 36.2 Å². The molecule has 0 aliphatic rings. The molecular weight excluding hydrogens is 340 g/mol. The van der Waals surface area contributed by atoms with Gasteiger partial charge in [0.25, 0.3) is 5.91 Å². The lowest BCUT2D eigenvalue weighted by molar-refractivity contribution is 0.102. The number of H-pyrrole nitrogens is 1. The Morgan fingerprint density at radius 1 is 1.32 bits per heavy atom. The molecule has 0 unspecified atom stereocenters. The summed E-state index contributed by atoms with van der Waals surface area (Å²) in [6.45, 7) is 0. The highest BCUT2D eigenvalue weighted by atomic mass is 35.5. The molecule has 7 nitrogen and oxygen atoms in total. The Labute approximate surface area is 147 Å². The van der Waals surface area contributed by atoms with Gasteiger partial charge in [-0.15, -0.1) is 0 Å². The van der Waals surface area contributed by atoms with Gasteiger partial charge in [-0.25, -0.2) is 4.98 Å². The maximum atomic E-state index is 12.7. The van der Waals surface area contributed by atoms with Gasteiger partial charge in [0.2, 0.25) is 5.95 Å². The van der Waals surface area contributed by atoms with Crippen LogP contribution in [-0.2, 0) is 7.05 Å². The van der Waals surface area contributed by atoms with E-state index in [-0.39, 0.29) is 5.91 Å². The summed E-state index contributed by atoms with van der Waals surface area (Å²) in [7, 11) is 1.76. The minimum atomic E-state index is -0.308. The van der Waals surface area contributed by atoms with E-state index >= 15 is 0 Å². The van der Waals surface area contributed by atoms with Gasteiger partial charge in [0.05, 0.1) is 16.6 Å². The van der Waals surface area contributed by atoms with Crippen molar-refractivity contribution in [3.05, 3.63) is 59.5 Å². The molecule has 0 radical (unpaired) electrons. The fraction of sp³-hybridized carbons (Fsp3) is 0.0588. The van der Waals surface area contributed by atoms with E-state index in [2.05, 4.69) is 25.4 Å². The van der Waals surface area contributed by atoms with Crippen LogP contribution in [0.5, 0.6) is 0 Å². The minimum Gasteiger partial charge on any atom is -0.324 e. The topological polar surface area (TPSA) is 88.5 Å². The van der Waals surface area contributed by atoms with Gasteiger partial charge in [0.15, 0.2) is 0 Å². The Hall–Kier alpha value is -3.19. The molecule has 0 bridgehead atoms. The van der Waals surface area contributed by atoms with Crippen molar-refractivity contribution in [3.8, 4) is 11.3 Å². The molecule has 0 aliphatic carbocycles. The molecule has 0 spiro atoms. The second-order valence-electron chi connectivity index (χ2n) is 5.51. The van der Waals surface area contributed by atoms with Gasteiger partial charge in [-0.2, -0.15) is 5.10 Å². The van der Waals surface area contributed by atoms with Gasteiger partial charge in [-0.3, -0.25) is 19.8 Å². The van der Waals surface area contributed by atoms with Crippen molar-refractivity contribution >= 4 is 34.5 Å². The second kappa shape index (κ2) is 6.03. The number of nitrogens with zero attached hydrogens (tertiary/aromatic N) is 4. The van der Waals surface area contributed by atoms with Gasteiger partial charge in [-0.05, 0) is 30.3 Å². The molecule has 2 N–H and O–H groups in total. The number of hydrogen-bond donors (Lipinski definition) is 2. The number of carbonyl (C=O) groups excluding carboxylic acids is 1. The number of carbonyl (C=O) groups is 1. The molecule has 0 saturated heterocycles. The van der Waals surface area contributed by atoms with Crippen molar-refractivity contribution in [1.82, 2.24) is 24.7 Å². The average molecular weight is 353 g/mol. The quantitative estimate of drug-likeness (QED) is 0.592. The zero-order valence-electron chi connectivity index (χ0n) is 13.2. The number of imidazole rings is 1. The highest BCUT2D eigenvalue weighted by Gasteiger charge is 2.18. The van der Waals surface area contributed by atoms with Crippen LogP contribution in [0.2, 0.25) is 5.02 Å². The van der Waals surface area contributed by atoms with Crippen LogP contribution in [-0.4, -0.2) is 30.6 Å². The van der Waals surface area contributed by atoms with Crippen LogP contribution >= 0.6 is 11.6 Å². The van der Waals surface area contributed by atoms with E-state index in [1.807, 2.05) is 6.07 Å². The van der Waals surface area contributed by atoms with Gasteiger partial charge in [0.1, 0.15) is 5.69 Å². The van der Waals surface area contributed by atoms with Crippen molar-refractivity contribution in [1.29, 1.82) is 0 Å². The number of benzene rings is 1. The predicted molar refractivity (Wildman–Crippen MR) is 95.5 cm³/mol. The number of fused-ring (bicyclic) bond motifs is 1. The lowest BCUT2D eigenvalue weighted by Gasteiger charge is -2.02. The van der Waals surface area contributed by atoms with E-state index in [0.29, 0.717) is 22.2 Å². The Kier molecular flexibility index (Phi) is 3.70. The third-order valence-electron chi connectivity index (χ3n) is 3.68. The minimum absolute atomic E-state index is 0.308. The van der Waals surface area contributed by atoms with Crippen LogP contribution in [0.25, 0.3) is 22.3 Å². The summed E-state index contributed by atoms with van der Waals surface area (Å²) in [5, 5.41) is 7.73. The van der Waals surface area contributed by atoms with Crippen molar-refractivity contribution in [2.45, 2.75) is 0 Å². The lowest BCUT2D eigenvalue weighted by atomic mass is 10.1. The molecule has 1 amide bonds. The number of anilines is 1. The summed E-state index contributed by atoms with van der Waals surface area (Å²) < 4.78 is 1.59. The molecule has 3 heterocycles. The highest BCUT2D eigenvalue weighted by Crippen LogP contribution is 2.23. The van der Waals surface area contributed by atoms with Crippen molar-refractivity contribution in [2.24, 2.45) is 7.05 Å². The molecule has 0 aliphatic heterocycles. The monoisotopic (exact) mass is 352 g/mol. The summed E-state index contributed by atoms with van der Waals surface area (Å²) >= 11 is 5.97. The van der Waals surface area contributed by atoms with E-state index in [1.165, 1.54) is 0 Å². The smallest absolute Gasteiger partial charge is 0.261 e. The van der Waals surface area contributed by atoms with E-state index in [4.69, 9.17) is 11.6 Å². The molecule has 4 aromatic rings. The normalized spacial score (nSPS) is 11.0. The summed E-state index contributed by atoms with van der Waals surface area (Å²) in [6.07, 6.45) is 5.01. The molecule has 124 valence electrons. The second-order valence-corrected chi connectivity index (χ2v) is 5.94. The predicted octanol–water partition coefficient (Wildman–Crippen LogP) is 3.26. The molecule has 3 aromatic heterocycles. The van der Waals surface area contributed by atoms with Crippen LogP contribution in [0, 0.1) is 0 Å². The fourth-order valence-electron chi connectivity index (χ4n) is 2.59. The van der Waals surface area contributed by atoms with E-state index in [9.17, 15) is 4.79 Å². The maximum Gasteiger partial charge on any atom is 0.261 e. The van der Waals surface area contributed by atoms with Crippen LogP contribution in [0.1, 0.15) is 10.4 Å². The third kappa shape index (κ3) is 2.97. The molecule has 0 atom stereocenters. The first-order valence-corrected chi connectivity index (χ1v) is 7.88. The largest absolute Gasteiger partial charge is 0.324 e. The Morgan fingerprint density at radius 2 is 2.20 bits per heavy atom. The first-order chi connectivity index (χ1) is 12.1.